The van der Waals surface area contributed by atoms with E-state index in [1.165, 1.54) is 4.88 Å². The first-order chi connectivity index (χ1) is 11.0. The number of rotatable bonds is 7. The summed E-state index contributed by atoms with van der Waals surface area (Å²) in [6, 6.07) is 4.55. The third-order valence-corrected chi connectivity index (χ3v) is 5.43. The summed E-state index contributed by atoms with van der Waals surface area (Å²) in [7, 11) is 0. The molecule has 2 heterocycles. The highest BCUT2D eigenvalue weighted by atomic mass is 32.1. The third kappa shape index (κ3) is 5.57. The van der Waals surface area contributed by atoms with Crippen LogP contribution in [-0.2, 0) is 4.79 Å². The third-order valence-electron chi connectivity index (χ3n) is 4.37. The van der Waals surface area contributed by atoms with E-state index in [1.807, 2.05) is 25.3 Å². The first kappa shape index (κ1) is 18.4. The van der Waals surface area contributed by atoms with Gasteiger partial charge in [-0.2, -0.15) is 0 Å². The number of piperazine rings is 1. The van der Waals surface area contributed by atoms with Crippen molar-refractivity contribution in [2.45, 2.75) is 45.4 Å². The zero-order valence-corrected chi connectivity index (χ0v) is 15.2. The second-order valence-corrected chi connectivity index (χ2v) is 7.43. The van der Waals surface area contributed by atoms with Gasteiger partial charge in [0.15, 0.2) is 0 Å². The van der Waals surface area contributed by atoms with E-state index in [-0.39, 0.29) is 18.1 Å². The van der Waals surface area contributed by atoms with Crippen LogP contribution in [0.3, 0.4) is 0 Å². The monoisotopic (exact) mass is 339 g/mol. The van der Waals surface area contributed by atoms with Crippen LogP contribution in [0.15, 0.2) is 17.5 Å². The maximum Gasteiger partial charge on any atom is 0.234 e. The Morgan fingerprint density at radius 2 is 2.26 bits per heavy atom. The van der Waals surface area contributed by atoms with Crippen molar-refractivity contribution in [1.29, 1.82) is 0 Å². The van der Waals surface area contributed by atoms with Crippen LogP contribution in [0.4, 0.5) is 0 Å². The molecule has 6 heteroatoms. The maximum absolute atomic E-state index is 12.3. The summed E-state index contributed by atoms with van der Waals surface area (Å²) in [5, 5.41) is 14.7. The van der Waals surface area contributed by atoms with Crippen molar-refractivity contribution in [1.82, 2.24) is 15.1 Å². The Morgan fingerprint density at radius 1 is 1.48 bits per heavy atom. The lowest BCUT2D eigenvalue weighted by Crippen LogP contribution is -2.56. The van der Waals surface area contributed by atoms with Gasteiger partial charge in [0.05, 0.1) is 18.7 Å². The lowest BCUT2D eigenvalue weighted by Gasteiger charge is -2.41. The van der Waals surface area contributed by atoms with Crippen molar-refractivity contribution < 1.29 is 9.90 Å². The second kappa shape index (κ2) is 8.78. The van der Waals surface area contributed by atoms with E-state index in [9.17, 15) is 9.90 Å². The Hall–Kier alpha value is -0.950. The molecule has 3 atom stereocenters. The van der Waals surface area contributed by atoms with Gasteiger partial charge in [-0.05, 0) is 31.7 Å². The molecule has 5 nitrogen and oxygen atoms in total. The molecule has 0 radical (unpaired) electrons. The van der Waals surface area contributed by atoms with Crippen molar-refractivity contribution >= 4 is 17.2 Å². The van der Waals surface area contributed by atoms with E-state index in [1.54, 1.807) is 11.3 Å². The van der Waals surface area contributed by atoms with Crippen LogP contribution < -0.4 is 5.32 Å². The molecule has 1 amide bonds. The summed E-state index contributed by atoms with van der Waals surface area (Å²) in [5.41, 5.74) is 0. The summed E-state index contributed by atoms with van der Waals surface area (Å²) in [6.07, 6.45) is 0.738. The number of thiophene rings is 1. The quantitative estimate of drug-likeness (QED) is 0.794. The second-order valence-electron chi connectivity index (χ2n) is 6.45. The van der Waals surface area contributed by atoms with Gasteiger partial charge in [-0.25, -0.2) is 0 Å². The number of aliphatic hydroxyl groups excluding tert-OH is 1. The first-order valence-electron chi connectivity index (χ1n) is 8.46. The lowest BCUT2D eigenvalue weighted by atomic mass is 10.1. The highest BCUT2D eigenvalue weighted by Crippen LogP contribution is 2.18. The molecular weight excluding hydrogens is 310 g/mol. The molecule has 0 saturated carbocycles. The fraction of sp³-hybridized carbons (Fsp3) is 0.706. The topological polar surface area (TPSA) is 55.8 Å². The Labute approximate surface area is 143 Å². The zero-order chi connectivity index (χ0) is 16.8. The smallest absolute Gasteiger partial charge is 0.234 e. The van der Waals surface area contributed by atoms with Crippen LogP contribution in [0, 0.1) is 0 Å². The minimum absolute atomic E-state index is 0.0704. The molecular formula is C17H29N3O2S. The average Bonchev–Trinajstić information content (AvgIpc) is 3.02. The number of carbonyl (C=O) groups excluding carboxylic acids is 1. The summed E-state index contributed by atoms with van der Waals surface area (Å²) in [6.45, 7) is 9.88. The van der Waals surface area contributed by atoms with E-state index >= 15 is 0 Å². The molecule has 1 aliphatic rings. The molecule has 1 aromatic rings. The Kier molecular flexibility index (Phi) is 7.02. The molecule has 1 aliphatic heterocycles. The predicted molar refractivity (Wildman–Crippen MR) is 94.6 cm³/mol. The van der Waals surface area contributed by atoms with E-state index < -0.39 is 0 Å². The van der Waals surface area contributed by atoms with Gasteiger partial charge in [0.1, 0.15) is 0 Å². The van der Waals surface area contributed by atoms with E-state index in [2.05, 4.69) is 28.1 Å². The summed E-state index contributed by atoms with van der Waals surface area (Å²) >= 11 is 1.67. The number of nitrogens with one attached hydrogen (secondary N) is 1. The van der Waals surface area contributed by atoms with E-state index in [4.69, 9.17) is 0 Å². The molecule has 0 spiro atoms. The highest BCUT2D eigenvalue weighted by Gasteiger charge is 2.27. The van der Waals surface area contributed by atoms with Crippen LogP contribution in [0.2, 0.25) is 0 Å². The highest BCUT2D eigenvalue weighted by molar-refractivity contribution is 7.10. The number of hydrogen-bond acceptors (Lipinski definition) is 5. The SMILES string of the molecule is CC[C@@H]1CN(CC(=O)N[C@@H](C)c2cccs2)CCN1C[C@@H](C)O. The maximum atomic E-state index is 12.3. The molecule has 1 fully saturated rings. The van der Waals surface area contributed by atoms with Crippen molar-refractivity contribution in [3.05, 3.63) is 22.4 Å². The molecule has 0 aromatic carbocycles. The summed E-state index contributed by atoms with van der Waals surface area (Å²) < 4.78 is 0. The van der Waals surface area contributed by atoms with Crippen LogP contribution in [0.1, 0.15) is 38.1 Å². The molecule has 0 bridgehead atoms. The van der Waals surface area contributed by atoms with Crippen molar-refractivity contribution in [3.8, 4) is 0 Å². The summed E-state index contributed by atoms with van der Waals surface area (Å²) in [5.74, 6) is 0.0877. The van der Waals surface area contributed by atoms with E-state index in [0.29, 0.717) is 19.1 Å². The molecule has 2 rings (SSSR count). The summed E-state index contributed by atoms with van der Waals surface area (Å²) in [4.78, 5) is 18.0. The zero-order valence-electron chi connectivity index (χ0n) is 14.4. The molecule has 130 valence electrons. The number of aliphatic hydroxyl groups is 1. The fourth-order valence-electron chi connectivity index (χ4n) is 3.17. The Balaban J connectivity index is 1.80. The van der Waals surface area contributed by atoms with Crippen molar-refractivity contribution in [2.24, 2.45) is 0 Å². The van der Waals surface area contributed by atoms with Crippen molar-refractivity contribution in [3.63, 3.8) is 0 Å². The van der Waals surface area contributed by atoms with Crippen molar-refractivity contribution in [2.75, 3.05) is 32.7 Å². The first-order valence-corrected chi connectivity index (χ1v) is 9.34. The van der Waals surface area contributed by atoms with Gasteiger partial charge in [0, 0.05) is 37.1 Å². The number of amides is 1. The number of hydrogen-bond donors (Lipinski definition) is 2. The molecule has 1 saturated heterocycles. The van der Waals surface area contributed by atoms with Gasteiger partial charge in [-0.1, -0.05) is 13.0 Å². The van der Waals surface area contributed by atoms with Crippen LogP contribution in [-0.4, -0.2) is 65.7 Å². The van der Waals surface area contributed by atoms with Crippen LogP contribution >= 0.6 is 11.3 Å². The minimum Gasteiger partial charge on any atom is -0.392 e. The van der Waals surface area contributed by atoms with Gasteiger partial charge >= 0.3 is 0 Å². The average molecular weight is 340 g/mol. The number of β-amino-alcohol motifs (C(OH)–C–C–N with tert-alkyl or cyclic N) is 1. The molecule has 0 aliphatic carbocycles. The predicted octanol–water partition coefficient (Wildman–Crippen LogP) is 1.70. The van der Waals surface area contributed by atoms with Gasteiger partial charge in [0.2, 0.25) is 5.91 Å². The molecule has 2 N–H and O–H groups in total. The Morgan fingerprint density at radius 3 is 2.87 bits per heavy atom. The fourth-order valence-corrected chi connectivity index (χ4v) is 3.90. The standard InChI is InChI=1S/C17H29N3O2S/c1-4-15-11-19(7-8-20(15)10-13(2)21)12-17(22)18-14(3)16-6-5-9-23-16/h5-6,9,13-15,21H,4,7-8,10-12H2,1-3H3,(H,18,22)/t13-,14+,15-/m1/s1. The number of carbonyl (C=O) groups is 1. The Bertz CT molecular complexity index is 478. The largest absolute Gasteiger partial charge is 0.392 e. The normalized spacial score (nSPS) is 22.7. The minimum atomic E-state index is -0.300. The molecule has 0 unspecified atom stereocenters. The van der Waals surface area contributed by atoms with Gasteiger partial charge in [0.25, 0.3) is 0 Å². The molecule has 23 heavy (non-hydrogen) atoms. The van der Waals surface area contributed by atoms with Crippen LogP contribution in [0.25, 0.3) is 0 Å². The van der Waals surface area contributed by atoms with Gasteiger partial charge < -0.3 is 10.4 Å². The van der Waals surface area contributed by atoms with E-state index in [0.717, 1.165) is 26.1 Å². The van der Waals surface area contributed by atoms with Crippen LogP contribution in [0.5, 0.6) is 0 Å². The van der Waals surface area contributed by atoms with Gasteiger partial charge in [-0.15, -0.1) is 11.3 Å². The molecule has 1 aromatic heterocycles. The number of nitrogens with zero attached hydrogens (tertiary/aromatic N) is 2. The lowest BCUT2D eigenvalue weighted by molar-refractivity contribution is -0.123. The van der Waals surface area contributed by atoms with Gasteiger partial charge in [-0.3, -0.25) is 14.6 Å².